The van der Waals surface area contributed by atoms with Gasteiger partial charge in [0.15, 0.2) is 0 Å². The number of anilines is 1. The van der Waals surface area contributed by atoms with Gasteiger partial charge in [-0.05, 0) is 55.2 Å². The van der Waals surface area contributed by atoms with Gasteiger partial charge in [0.25, 0.3) is 0 Å². The van der Waals surface area contributed by atoms with Crippen LogP contribution in [0.25, 0.3) is 10.9 Å². The first-order valence-corrected chi connectivity index (χ1v) is 7.72. The van der Waals surface area contributed by atoms with Gasteiger partial charge in [-0.2, -0.15) is 5.10 Å². The summed E-state index contributed by atoms with van der Waals surface area (Å²) in [7, 11) is 0. The molecule has 0 unspecified atom stereocenters. The third kappa shape index (κ3) is 2.82. The molecule has 1 aliphatic carbocycles. The minimum absolute atomic E-state index is 0.459. The van der Waals surface area contributed by atoms with Crippen LogP contribution in [0, 0.1) is 11.3 Å². The van der Waals surface area contributed by atoms with Crippen LogP contribution in [-0.2, 0) is 0 Å². The van der Waals surface area contributed by atoms with Gasteiger partial charge < -0.3 is 5.32 Å². The quantitative estimate of drug-likeness (QED) is 0.839. The number of nitrogens with zero attached hydrogens (tertiary/aromatic N) is 1. The van der Waals surface area contributed by atoms with Gasteiger partial charge in [-0.25, -0.2) is 0 Å². The van der Waals surface area contributed by atoms with Gasteiger partial charge >= 0.3 is 0 Å². The first kappa shape index (κ1) is 13.5. The highest BCUT2D eigenvalue weighted by molar-refractivity contribution is 5.81. The summed E-state index contributed by atoms with van der Waals surface area (Å²) in [4.78, 5) is 0. The maximum absolute atomic E-state index is 4.07. The lowest BCUT2D eigenvalue weighted by Crippen LogP contribution is -2.31. The lowest BCUT2D eigenvalue weighted by atomic mass is 9.71. The average molecular weight is 271 g/mol. The van der Waals surface area contributed by atoms with Gasteiger partial charge in [0.05, 0.1) is 11.7 Å². The maximum atomic E-state index is 4.07. The van der Waals surface area contributed by atoms with E-state index < -0.39 is 0 Å². The standard InChI is InChI=1S/C17H25N3/c1-17(2,3)13-4-6-14(7-5-13)19-15-8-9-16-12(10-15)11-18-20-16/h8-11,13-14,19H,4-7H2,1-3H3,(H,18,20). The monoisotopic (exact) mass is 271 g/mol. The number of aromatic nitrogens is 2. The molecule has 0 bridgehead atoms. The lowest BCUT2D eigenvalue weighted by molar-refractivity contribution is 0.173. The smallest absolute Gasteiger partial charge is 0.0651 e. The van der Waals surface area contributed by atoms with Crippen molar-refractivity contribution in [1.29, 1.82) is 0 Å². The zero-order valence-corrected chi connectivity index (χ0v) is 12.7. The molecule has 2 N–H and O–H groups in total. The SMILES string of the molecule is CC(C)(C)C1CCC(Nc2ccc3[nH]ncc3c2)CC1. The first-order valence-electron chi connectivity index (χ1n) is 7.72. The highest BCUT2D eigenvalue weighted by Crippen LogP contribution is 2.38. The van der Waals surface area contributed by atoms with Crippen molar-refractivity contribution in [3.63, 3.8) is 0 Å². The molecule has 1 aliphatic rings. The predicted octanol–water partition coefficient (Wildman–Crippen LogP) is 4.58. The van der Waals surface area contributed by atoms with Gasteiger partial charge in [0.1, 0.15) is 0 Å². The Balaban J connectivity index is 1.62. The number of H-pyrrole nitrogens is 1. The minimum atomic E-state index is 0.459. The van der Waals surface area contributed by atoms with Crippen molar-refractivity contribution in [3.05, 3.63) is 24.4 Å². The second-order valence-electron chi connectivity index (χ2n) is 7.23. The fraction of sp³-hybridized carbons (Fsp3) is 0.588. The van der Waals surface area contributed by atoms with Crippen LogP contribution < -0.4 is 5.32 Å². The molecule has 3 rings (SSSR count). The third-order valence-electron chi connectivity index (χ3n) is 4.76. The molecule has 1 aromatic carbocycles. The summed E-state index contributed by atoms with van der Waals surface area (Å²) in [5, 5.41) is 11.9. The Morgan fingerprint density at radius 1 is 1.15 bits per heavy atom. The fourth-order valence-electron chi connectivity index (χ4n) is 3.37. The number of aromatic amines is 1. The van der Waals surface area contributed by atoms with Gasteiger partial charge in [-0.3, -0.25) is 5.10 Å². The number of hydrogen-bond acceptors (Lipinski definition) is 2. The topological polar surface area (TPSA) is 40.7 Å². The van der Waals surface area contributed by atoms with Crippen molar-refractivity contribution in [1.82, 2.24) is 10.2 Å². The van der Waals surface area contributed by atoms with Gasteiger partial charge in [0.2, 0.25) is 0 Å². The summed E-state index contributed by atoms with van der Waals surface area (Å²) in [5.74, 6) is 0.872. The molecule has 0 radical (unpaired) electrons. The van der Waals surface area contributed by atoms with E-state index in [9.17, 15) is 0 Å². The van der Waals surface area contributed by atoms with Crippen molar-refractivity contribution >= 4 is 16.6 Å². The van der Waals surface area contributed by atoms with E-state index in [1.54, 1.807) is 0 Å². The Morgan fingerprint density at radius 2 is 1.90 bits per heavy atom. The number of rotatable bonds is 2. The van der Waals surface area contributed by atoms with Gasteiger partial charge in [-0.15, -0.1) is 0 Å². The molecule has 2 aromatic rings. The van der Waals surface area contributed by atoms with E-state index in [1.807, 2.05) is 6.20 Å². The number of hydrogen-bond donors (Lipinski definition) is 2. The fourth-order valence-corrected chi connectivity index (χ4v) is 3.37. The summed E-state index contributed by atoms with van der Waals surface area (Å²) in [5.41, 5.74) is 2.78. The van der Waals surface area contributed by atoms with Crippen LogP contribution in [0.15, 0.2) is 24.4 Å². The molecule has 20 heavy (non-hydrogen) atoms. The van der Waals surface area contributed by atoms with Crippen LogP contribution in [0.1, 0.15) is 46.5 Å². The van der Waals surface area contributed by atoms with E-state index in [0.29, 0.717) is 11.5 Å². The highest BCUT2D eigenvalue weighted by Gasteiger charge is 2.29. The van der Waals surface area contributed by atoms with Crippen LogP contribution >= 0.6 is 0 Å². The molecule has 0 atom stereocenters. The molecular weight excluding hydrogens is 246 g/mol. The second kappa shape index (κ2) is 5.12. The molecule has 3 heteroatoms. The Labute approximate surface area is 121 Å². The van der Waals surface area contributed by atoms with E-state index in [1.165, 1.54) is 36.8 Å². The van der Waals surface area contributed by atoms with E-state index in [-0.39, 0.29) is 0 Å². The summed E-state index contributed by atoms with van der Waals surface area (Å²) >= 11 is 0. The van der Waals surface area contributed by atoms with Crippen LogP contribution in [0.4, 0.5) is 5.69 Å². The molecular formula is C17H25N3. The molecule has 1 aromatic heterocycles. The van der Waals surface area contributed by atoms with E-state index in [4.69, 9.17) is 0 Å². The Bertz CT molecular complexity index is 571. The molecule has 1 saturated carbocycles. The summed E-state index contributed by atoms with van der Waals surface area (Å²) in [6.07, 6.45) is 7.14. The molecule has 0 aliphatic heterocycles. The van der Waals surface area contributed by atoms with Crippen LogP contribution in [0.3, 0.4) is 0 Å². The Kier molecular flexibility index (Phi) is 3.45. The van der Waals surface area contributed by atoms with Crippen molar-refractivity contribution in [2.75, 3.05) is 5.32 Å². The molecule has 1 fully saturated rings. The number of benzene rings is 1. The molecule has 3 nitrogen and oxygen atoms in total. The van der Waals surface area contributed by atoms with E-state index in [2.05, 4.69) is 54.5 Å². The third-order valence-corrected chi connectivity index (χ3v) is 4.76. The van der Waals surface area contributed by atoms with Crippen LogP contribution in [0.5, 0.6) is 0 Å². The lowest BCUT2D eigenvalue weighted by Gasteiger charge is -2.37. The second-order valence-corrected chi connectivity index (χ2v) is 7.23. The minimum Gasteiger partial charge on any atom is -0.382 e. The van der Waals surface area contributed by atoms with E-state index >= 15 is 0 Å². The Morgan fingerprint density at radius 3 is 2.60 bits per heavy atom. The van der Waals surface area contributed by atoms with Crippen molar-refractivity contribution in [3.8, 4) is 0 Å². The predicted molar refractivity (Wildman–Crippen MR) is 84.9 cm³/mol. The zero-order valence-electron chi connectivity index (χ0n) is 12.7. The highest BCUT2D eigenvalue weighted by atomic mass is 15.1. The summed E-state index contributed by atoms with van der Waals surface area (Å²) in [6.45, 7) is 7.12. The first-order chi connectivity index (χ1) is 9.52. The number of nitrogens with one attached hydrogen (secondary N) is 2. The van der Waals surface area contributed by atoms with Crippen molar-refractivity contribution in [2.24, 2.45) is 11.3 Å². The average Bonchev–Trinajstić information content (AvgIpc) is 2.86. The summed E-state index contributed by atoms with van der Waals surface area (Å²) in [6, 6.07) is 7.06. The molecule has 108 valence electrons. The molecule has 1 heterocycles. The maximum Gasteiger partial charge on any atom is 0.0651 e. The molecule has 0 saturated heterocycles. The van der Waals surface area contributed by atoms with Crippen LogP contribution in [0.2, 0.25) is 0 Å². The molecule has 0 spiro atoms. The Hall–Kier alpha value is -1.51. The van der Waals surface area contributed by atoms with Crippen molar-refractivity contribution < 1.29 is 0 Å². The molecule has 0 amide bonds. The van der Waals surface area contributed by atoms with Gasteiger partial charge in [-0.1, -0.05) is 20.8 Å². The van der Waals surface area contributed by atoms with Gasteiger partial charge in [0, 0.05) is 17.1 Å². The number of fused-ring (bicyclic) bond motifs is 1. The van der Waals surface area contributed by atoms with E-state index in [0.717, 1.165) is 11.4 Å². The summed E-state index contributed by atoms with van der Waals surface area (Å²) < 4.78 is 0. The zero-order chi connectivity index (χ0) is 14.2. The largest absolute Gasteiger partial charge is 0.382 e. The normalized spacial score (nSPS) is 23.9. The van der Waals surface area contributed by atoms with Crippen molar-refractivity contribution in [2.45, 2.75) is 52.5 Å². The van der Waals surface area contributed by atoms with Crippen LogP contribution in [-0.4, -0.2) is 16.2 Å².